The fraction of sp³-hybridized carbons (Fsp3) is 0.769. The third kappa shape index (κ3) is 11.3. The number of esters is 1. The van der Waals surface area contributed by atoms with Gasteiger partial charge in [0.15, 0.2) is 0 Å². The first kappa shape index (κ1) is 29.3. The van der Waals surface area contributed by atoms with Gasteiger partial charge in [-0.1, -0.05) is 57.9 Å². The van der Waals surface area contributed by atoms with Crippen molar-refractivity contribution in [3.8, 4) is 0 Å². The molecule has 0 bridgehead atoms. The Morgan fingerprint density at radius 2 is 1.82 bits per heavy atom. The molecule has 5 atom stereocenters. The van der Waals surface area contributed by atoms with E-state index in [-0.39, 0.29) is 36.7 Å². The standard InChI is InChI=1S/C26H44O7/c1-4-5-16-26(2,3)23(29)13-12-20-19(21(27)18-22(20)28)11-9-7-6-8-10-17-33-25(32)15-14-24(30)31/h7,9,12-13,19-23,27-29H,4-6,8,10-11,14-18H2,1-3H3,(H,30,31)/t19-,20-,21+,22-,23-/m1/s1. The lowest BCUT2D eigenvalue weighted by atomic mass is 9.80. The van der Waals surface area contributed by atoms with Gasteiger partial charge in [-0.3, -0.25) is 9.59 Å². The number of aliphatic hydroxyl groups is 3. The molecule has 4 N–H and O–H groups in total. The number of hydrogen-bond donors (Lipinski definition) is 4. The van der Waals surface area contributed by atoms with E-state index >= 15 is 0 Å². The van der Waals surface area contributed by atoms with E-state index in [1.54, 1.807) is 6.08 Å². The Labute approximate surface area is 198 Å². The minimum Gasteiger partial charge on any atom is -0.481 e. The molecule has 1 fully saturated rings. The van der Waals surface area contributed by atoms with Crippen molar-refractivity contribution in [3.63, 3.8) is 0 Å². The average Bonchev–Trinajstić information content (AvgIpc) is 3.02. The van der Waals surface area contributed by atoms with Crippen molar-refractivity contribution in [2.75, 3.05) is 6.61 Å². The molecule has 0 aromatic heterocycles. The van der Waals surface area contributed by atoms with Crippen molar-refractivity contribution in [1.29, 1.82) is 0 Å². The molecule has 0 unspecified atom stereocenters. The SMILES string of the molecule is CCCCC(C)(C)[C@H](O)C=C[C@@H]1[C@@H](CC=CCCCCOC(=O)CCC(=O)O)[C@@H](O)C[C@H]1O. The first-order valence-electron chi connectivity index (χ1n) is 12.3. The molecule has 0 aromatic rings. The van der Waals surface area contributed by atoms with E-state index in [1.165, 1.54) is 0 Å². The first-order valence-corrected chi connectivity index (χ1v) is 12.3. The highest BCUT2D eigenvalue weighted by atomic mass is 16.5. The predicted molar refractivity (Wildman–Crippen MR) is 128 cm³/mol. The Balaban J connectivity index is 2.41. The third-order valence-corrected chi connectivity index (χ3v) is 6.55. The van der Waals surface area contributed by atoms with Gasteiger partial charge in [0, 0.05) is 12.3 Å². The van der Waals surface area contributed by atoms with Crippen LogP contribution in [0.25, 0.3) is 0 Å². The zero-order valence-electron chi connectivity index (χ0n) is 20.5. The lowest BCUT2D eigenvalue weighted by Gasteiger charge is -2.29. The van der Waals surface area contributed by atoms with E-state index in [2.05, 4.69) is 20.8 Å². The summed E-state index contributed by atoms with van der Waals surface area (Å²) < 4.78 is 5.00. The Morgan fingerprint density at radius 1 is 1.09 bits per heavy atom. The number of rotatable bonds is 16. The Kier molecular flexibility index (Phi) is 13.6. The van der Waals surface area contributed by atoms with Crippen molar-refractivity contribution in [2.24, 2.45) is 17.3 Å². The summed E-state index contributed by atoms with van der Waals surface area (Å²) in [7, 11) is 0. The molecule has 0 aromatic carbocycles. The van der Waals surface area contributed by atoms with Crippen LogP contribution in [-0.4, -0.2) is 57.3 Å². The van der Waals surface area contributed by atoms with Crippen LogP contribution >= 0.6 is 0 Å². The van der Waals surface area contributed by atoms with Crippen molar-refractivity contribution in [3.05, 3.63) is 24.3 Å². The highest BCUT2D eigenvalue weighted by Gasteiger charge is 2.39. The first-order chi connectivity index (χ1) is 15.6. The van der Waals surface area contributed by atoms with Crippen LogP contribution in [0.2, 0.25) is 0 Å². The molecule has 190 valence electrons. The van der Waals surface area contributed by atoms with E-state index in [0.29, 0.717) is 19.3 Å². The van der Waals surface area contributed by atoms with E-state index in [0.717, 1.165) is 32.1 Å². The van der Waals surface area contributed by atoms with E-state index < -0.39 is 30.3 Å². The number of hydrogen-bond acceptors (Lipinski definition) is 6. The van der Waals surface area contributed by atoms with Crippen LogP contribution in [0.5, 0.6) is 0 Å². The van der Waals surface area contributed by atoms with E-state index in [9.17, 15) is 24.9 Å². The maximum Gasteiger partial charge on any atom is 0.306 e. The highest BCUT2D eigenvalue weighted by molar-refractivity contribution is 5.76. The number of unbranched alkanes of at least 4 members (excludes halogenated alkanes) is 3. The number of allylic oxidation sites excluding steroid dienone is 2. The molecule has 1 aliphatic carbocycles. The summed E-state index contributed by atoms with van der Waals surface area (Å²) in [5.41, 5.74) is -0.228. The van der Waals surface area contributed by atoms with Gasteiger partial charge in [-0.15, -0.1) is 0 Å². The molecule has 0 heterocycles. The molecule has 7 nitrogen and oxygen atoms in total. The molecule has 0 saturated heterocycles. The third-order valence-electron chi connectivity index (χ3n) is 6.55. The second kappa shape index (κ2) is 15.3. The fourth-order valence-electron chi connectivity index (χ4n) is 4.18. The summed E-state index contributed by atoms with van der Waals surface area (Å²) in [5.74, 6) is -1.78. The molecule has 0 amide bonds. The van der Waals surface area contributed by atoms with Gasteiger partial charge in [-0.25, -0.2) is 0 Å². The summed E-state index contributed by atoms with van der Waals surface area (Å²) in [5, 5.41) is 39.9. The molecule has 7 heteroatoms. The number of aliphatic hydroxyl groups excluding tert-OH is 3. The highest BCUT2D eigenvalue weighted by Crippen LogP contribution is 2.37. The van der Waals surface area contributed by atoms with Crippen LogP contribution in [0, 0.1) is 17.3 Å². The summed E-state index contributed by atoms with van der Waals surface area (Å²) in [4.78, 5) is 21.8. The predicted octanol–water partition coefficient (Wildman–Crippen LogP) is 4.00. The minimum absolute atomic E-state index is 0.0892. The van der Waals surface area contributed by atoms with Crippen LogP contribution in [0.3, 0.4) is 0 Å². The number of carboxylic acids is 1. The summed E-state index contributed by atoms with van der Waals surface area (Å²) in [6.07, 6.45) is 12.0. The number of ether oxygens (including phenoxy) is 1. The van der Waals surface area contributed by atoms with Gasteiger partial charge in [-0.05, 0) is 43.4 Å². The van der Waals surface area contributed by atoms with Crippen LogP contribution in [-0.2, 0) is 14.3 Å². The largest absolute Gasteiger partial charge is 0.481 e. The van der Waals surface area contributed by atoms with Crippen LogP contribution in [0.15, 0.2) is 24.3 Å². The van der Waals surface area contributed by atoms with E-state index in [1.807, 2.05) is 18.2 Å². The Bertz CT molecular complexity index is 641. The Hall–Kier alpha value is -1.70. The Morgan fingerprint density at radius 3 is 2.48 bits per heavy atom. The molecular formula is C26H44O7. The van der Waals surface area contributed by atoms with Gasteiger partial charge in [0.05, 0.1) is 37.8 Å². The zero-order chi connectivity index (χ0) is 24.9. The number of carboxylic acid groups (broad SMARTS) is 1. The molecule has 0 spiro atoms. The normalized spacial score (nSPS) is 24.5. The maximum atomic E-state index is 11.3. The average molecular weight is 469 g/mol. The van der Waals surface area contributed by atoms with Crippen molar-refractivity contribution < 1.29 is 34.8 Å². The van der Waals surface area contributed by atoms with E-state index in [4.69, 9.17) is 9.84 Å². The van der Waals surface area contributed by atoms with Gasteiger partial charge in [-0.2, -0.15) is 0 Å². The van der Waals surface area contributed by atoms with Crippen molar-refractivity contribution in [2.45, 2.75) is 103 Å². The van der Waals surface area contributed by atoms with Crippen LogP contribution in [0.4, 0.5) is 0 Å². The molecule has 1 rings (SSSR count). The minimum atomic E-state index is -1.01. The van der Waals surface area contributed by atoms with Crippen LogP contribution < -0.4 is 0 Å². The number of aliphatic carboxylic acids is 1. The van der Waals surface area contributed by atoms with Crippen molar-refractivity contribution >= 4 is 11.9 Å². The van der Waals surface area contributed by atoms with Gasteiger partial charge in [0.2, 0.25) is 0 Å². The summed E-state index contributed by atoms with van der Waals surface area (Å²) in [6, 6.07) is 0. The zero-order valence-corrected chi connectivity index (χ0v) is 20.5. The van der Waals surface area contributed by atoms with Gasteiger partial charge in [0.1, 0.15) is 0 Å². The molecule has 1 saturated carbocycles. The maximum absolute atomic E-state index is 11.3. The van der Waals surface area contributed by atoms with Gasteiger partial charge in [0.25, 0.3) is 0 Å². The molecule has 33 heavy (non-hydrogen) atoms. The molecule has 1 aliphatic rings. The van der Waals surface area contributed by atoms with Crippen molar-refractivity contribution in [1.82, 2.24) is 0 Å². The molecular weight excluding hydrogens is 424 g/mol. The smallest absolute Gasteiger partial charge is 0.306 e. The van der Waals surface area contributed by atoms with Crippen LogP contribution in [0.1, 0.15) is 85.0 Å². The lowest BCUT2D eigenvalue weighted by molar-refractivity contribution is -0.147. The quantitative estimate of drug-likeness (QED) is 0.153. The number of carbonyl (C=O) groups is 2. The summed E-state index contributed by atoms with van der Waals surface area (Å²) >= 11 is 0. The second-order valence-electron chi connectivity index (χ2n) is 9.85. The monoisotopic (exact) mass is 468 g/mol. The topological polar surface area (TPSA) is 124 Å². The molecule has 0 aliphatic heterocycles. The lowest BCUT2D eigenvalue weighted by Crippen LogP contribution is -2.28. The van der Waals surface area contributed by atoms with Gasteiger partial charge < -0.3 is 25.2 Å². The number of carbonyl (C=O) groups excluding carboxylic acids is 1. The fourth-order valence-corrected chi connectivity index (χ4v) is 4.18. The van der Waals surface area contributed by atoms with Gasteiger partial charge >= 0.3 is 11.9 Å². The summed E-state index contributed by atoms with van der Waals surface area (Å²) in [6.45, 7) is 6.51. The molecule has 0 radical (unpaired) electrons. The second-order valence-corrected chi connectivity index (χ2v) is 9.85.